The molecular formula is C25H24N2O4S. The van der Waals surface area contributed by atoms with Crippen molar-refractivity contribution in [3.8, 4) is 5.75 Å². The molecule has 1 atom stereocenters. The minimum absolute atomic E-state index is 0.0827. The molecular weight excluding hydrogens is 424 g/mol. The number of amides is 1. The van der Waals surface area contributed by atoms with E-state index in [1.165, 1.54) is 16.4 Å². The normalized spacial score (nSPS) is 17.2. The Morgan fingerprint density at radius 3 is 2.34 bits per heavy atom. The molecule has 0 radical (unpaired) electrons. The number of hydrogen-bond donors (Lipinski definition) is 0. The second kappa shape index (κ2) is 7.98. The van der Waals surface area contributed by atoms with E-state index in [1.54, 1.807) is 17.0 Å². The molecule has 0 bridgehead atoms. The SMILES string of the molecule is CC1Cc2ccccc2N1C(=O)COc1ccc(S(=O)(=O)N2CCc3ccccc32)cc1. The van der Waals surface area contributed by atoms with Crippen molar-refractivity contribution in [2.24, 2.45) is 0 Å². The molecule has 32 heavy (non-hydrogen) atoms. The van der Waals surface area contributed by atoms with Gasteiger partial charge >= 0.3 is 0 Å². The first-order chi connectivity index (χ1) is 15.4. The number of benzene rings is 3. The molecule has 3 aromatic carbocycles. The summed E-state index contributed by atoms with van der Waals surface area (Å²) in [5, 5.41) is 0. The van der Waals surface area contributed by atoms with Crippen molar-refractivity contribution < 1.29 is 17.9 Å². The second-order valence-corrected chi connectivity index (χ2v) is 10.0. The van der Waals surface area contributed by atoms with E-state index < -0.39 is 10.0 Å². The highest BCUT2D eigenvalue weighted by Crippen LogP contribution is 2.34. The molecule has 7 heteroatoms. The van der Waals surface area contributed by atoms with Crippen molar-refractivity contribution in [3.63, 3.8) is 0 Å². The Balaban J connectivity index is 1.27. The van der Waals surface area contributed by atoms with Crippen LogP contribution in [-0.4, -0.2) is 33.5 Å². The minimum Gasteiger partial charge on any atom is -0.484 e. The molecule has 0 fully saturated rings. The van der Waals surface area contributed by atoms with Gasteiger partial charge in [0.25, 0.3) is 15.9 Å². The fourth-order valence-corrected chi connectivity index (χ4v) is 6.06. The van der Waals surface area contributed by atoms with Crippen LogP contribution in [0.5, 0.6) is 5.75 Å². The quantitative estimate of drug-likeness (QED) is 0.596. The lowest BCUT2D eigenvalue weighted by Gasteiger charge is -2.23. The number of ether oxygens (including phenoxy) is 1. The van der Waals surface area contributed by atoms with Gasteiger partial charge in [-0.2, -0.15) is 0 Å². The molecule has 164 valence electrons. The first kappa shape index (κ1) is 20.6. The average molecular weight is 449 g/mol. The molecule has 2 aliphatic rings. The summed E-state index contributed by atoms with van der Waals surface area (Å²) in [7, 11) is -3.65. The Bertz CT molecular complexity index is 1270. The summed E-state index contributed by atoms with van der Waals surface area (Å²) < 4.78 is 33.4. The molecule has 0 N–H and O–H groups in total. The van der Waals surface area contributed by atoms with Crippen molar-refractivity contribution in [1.29, 1.82) is 0 Å². The maximum atomic E-state index is 13.1. The van der Waals surface area contributed by atoms with Crippen molar-refractivity contribution in [1.82, 2.24) is 0 Å². The first-order valence-corrected chi connectivity index (χ1v) is 12.1. The van der Waals surface area contributed by atoms with Gasteiger partial charge < -0.3 is 9.64 Å². The van der Waals surface area contributed by atoms with Gasteiger partial charge in [-0.15, -0.1) is 0 Å². The molecule has 0 spiro atoms. The van der Waals surface area contributed by atoms with Crippen LogP contribution in [-0.2, 0) is 27.7 Å². The van der Waals surface area contributed by atoms with E-state index in [2.05, 4.69) is 0 Å². The Hall–Kier alpha value is -3.32. The Morgan fingerprint density at radius 1 is 0.938 bits per heavy atom. The number of rotatable bonds is 5. The van der Waals surface area contributed by atoms with Crippen LogP contribution in [0.1, 0.15) is 18.1 Å². The van der Waals surface area contributed by atoms with Crippen LogP contribution in [0.15, 0.2) is 77.7 Å². The summed E-state index contributed by atoms with van der Waals surface area (Å²) in [6, 6.07) is 21.8. The molecule has 0 saturated heterocycles. The molecule has 6 nitrogen and oxygen atoms in total. The number of fused-ring (bicyclic) bond motifs is 2. The smallest absolute Gasteiger partial charge is 0.265 e. The molecule has 2 heterocycles. The van der Waals surface area contributed by atoms with Gasteiger partial charge in [0.05, 0.1) is 10.6 Å². The number of hydrogen-bond acceptors (Lipinski definition) is 4. The Kier molecular flexibility index (Phi) is 5.13. The van der Waals surface area contributed by atoms with Gasteiger partial charge in [0.1, 0.15) is 5.75 Å². The molecule has 1 unspecified atom stereocenters. The highest BCUT2D eigenvalue weighted by Gasteiger charge is 2.32. The molecule has 2 aliphatic heterocycles. The zero-order valence-electron chi connectivity index (χ0n) is 17.8. The van der Waals surface area contributed by atoms with E-state index >= 15 is 0 Å². The summed E-state index contributed by atoms with van der Waals surface area (Å²) in [4.78, 5) is 14.8. The third-order valence-electron chi connectivity index (χ3n) is 6.09. The largest absolute Gasteiger partial charge is 0.484 e. The standard InChI is InChI=1S/C25H24N2O4S/c1-18-16-20-7-3-5-9-24(20)27(18)25(28)17-31-21-10-12-22(13-11-21)32(29,30)26-15-14-19-6-2-4-8-23(19)26/h2-13,18H,14-17H2,1H3. The fraction of sp³-hybridized carbons (Fsp3) is 0.240. The van der Waals surface area contributed by atoms with Gasteiger partial charge in [0.15, 0.2) is 6.61 Å². The van der Waals surface area contributed by atoms with Crippen molar-refractivity contribution in [3.05, 3.63) is 83.9 Å². The maximum absolute atomic E-state index is 13.1. The predicted octanol–water partition coefficient (Wildman–Crippen LogP) is 3.79. The van der Waals surface area contributed by atoms with E-state index in [1.807, 2.05) is 55.5 Å². The lowest BCUT2D eigenvalue weighted by atomic mass is 10.1. The van der Waals surface area contributed by atoms with Crippen LogP contribution in [0, 0.1) is 0 Å². The van der Waals surface area contributed by atoms with Gasteiger partial charge in [0.2, 0.25) is 0 Å². The molecule has 0 aliphatic carbocycles. The lowest BCUT2D eigenvalue weighted by Crippen LogP contribution is -2.39. The monoisotopic (exact) mass is 448 g/mol. The van der Waals surface area contributed by atoms with Gasteiger partial charge in [-0.1, -0.05) is 36.4 Å². The van der Waals surface area contributed by atoms with Crippen LogP contribution >= 0.6 is 0 Å². The van der Waals surface area contributed by atoms with Crippen LogP contribution in [0.25, 0.3) is 0 Å². The van der Waals surface area contributed by atoms with Crippen LogP contribution in [0.4, 0.5) is 11.4 Å². The molecule has 0 aromatic heterocycles. The molecule has 5 rings (SSSR count). The predicted molar refractivity (Wildman–Crippen MR) is 124 cm³/mol. The topological polar surface area (TPSA) is 66.9 Å². The zero-order chi connectivity index (χ0) is 22.3. The van der Waals surface area contributed by atoms with Crippen molar-refractivity contribution in [2.75, 3.05) is 22.4 Å². The summed E-state index contributed by atoms with van der Waals surface area (Å²) >= 11 is 0. The zero-order valence-corrected chi connectivity index (χ0v) is 18.6. The average Bonchev–Trinajstić information content (AvgIpc) is 3.38. The number of carbonyl (C=O) groups is 1. The van der Waals surface area contributed by atoms with Gasteiger partial charge in [-0.3, -0.25) is 9.10 Å². The van der Waals surface area contributed by atoms with Gasteiger partial charge in [-0.25, -0.2) is 8.42 Å². The first-order valence-electron chi connectivity index (χ1n) is 10.7. The third-order valence-corrected chi connectivity index (χ3v) is 7.92. The number of sulfonamides is 1. The van der Waals surface area contributed by atoms with Crippen LogP contribution in [0.3, 0.4) is 0 Å². The van der Waals surface area contributed by atoms with E-state index in [9.17, 15) is 13.2 Å². The molecule has 3 aromatic rings. The van der Waals surface area contributed by atoms with E-state index in [4.69, 9.17) is 4.74 Å². The van der Waals surface area contributed by atoms with Crippen LogP contribution in [0.2, 0.25) is 0 Å². The summed E-state index contributed by atoms with van der Waals surface area (Å²) in [5.74, 6) is 0.340. The maximum Gasteiger partial charge on any atom is 0.265 e. The second-order valence-electron chi connectivity index (χ2n) is 8.16. The lowest BCUT2D eigenvalue weighted by molar-refractivity contribution is -0.120. The summed E-state index contributed by atoms with van der Waals surface area (Å²) in [5.41, 5.74) is 3.86. The minimum atomic E-state index is -3.65. The molecule has 0 saturated carbocycles. The highest BCUT2D eigenvalue weighted by molar-refractivity contribution is 7.92. The summed E-state index contributed by atoms with van der Waals surface area (Å²) in [6.07, 6.45) is 1.53. The van der Waals surface area contributed by atoms with Gasteiger partial charge in [0, 0.05) is 18.3 Å². The summed E-state index contributed by atoms with van der Waals surface area (Å²) in [6.45, 7) is 2.35. The third kappa shape index (κ3) is 3.52. The number of nitrogens with zero attached hydrogens (tertiary/aromatic N) is 2. The number of para-hydroxylation sites is 2. The molecule has 1 amide bonds. The van der Waals surface area contributed by atoms with Crippen molar-refractivity contribution in [2.45, 2.75) is 30.7 Å². The van der Waals surface area contributed by atoms with E-state index in [0.29, 0.717) is 18.7 Å². The highest BCUT2D eigenvalue weighted by atomic mass is 32.2. The van der Waals surface area contributed by atoms with Crippen molar-refractivity contribution >= 4 is 27.3 Å². The number of anilines is 2. The van der Waals surface area contributed by atoms with E-state index in [-0.39, 0.29) is 23.5 Å². The Morgan fingerprint density at radius 2 is 1.59 bits per heavy atom. The van der Waals surface area contributed by atoms with E-state index in [0.717, 1.165) is 28.9 Å². The fourth-order valence-electron chi connectivity index (χ4n) is 4.55. The van der Waals surface area contributed by atoms with Crippen LogP contribution < -0.4 is 13.9 Å². The number of carbonyl (C=O) groups excluding carboxylic acids is 1. The van der Waals surface area contributed by atoms with Gasteiger partial charge in [-0.05, 0) is 67.3 Å². The Labute approximate surface area is 188 Å².